The van der Waals surface area contributed by atoms with Gasteiger partial charge in [-0.1, -0.05) is 31.2 Å². The van der Waals surface area contributed by atoms with E-state index in [0.717, 1.165) is 21.7 Å². The molecule has 1 atom stereocenters. The Morgan fingerprint density at radius 2 is 1.69 bits per heavy atom. The van der Waals surface area contributed by atoms with E-state index >= 15 is 0 Å². The van der Waals surface area contributed by atoms with Crippen molar-refractivity contribution in [3.05, 3.63) is 53.6 Å². The Balaban J connectivity index is 2.49. The van der Waals surface area contributed by atoms with Crippen LogP contribution in [-0.2, 0) is 26.2 Å². The Morgan fingerprint density at radius 3 is 2.23 bits per heavy atom. The molecule has 0 heterocycles. The fourth-order valence-electron chi connectivity index (χ4n) is 3.78. The van der Waals surface area contributed by atoms with Crippen LogP contribution in [0.4, 0.5) is 5.69 Å². The van der Waals surface area contributed by atoms with Crippen molar-refractivity contribution in [3.63, 3.8) is 0 Å². The zero-order chi connectivity index (χ0) is 26.2. The van der Waals surface area contributed by atoms with Crippen LogP contribution in [0.3, 0.4) is 0 Å². The minimum atomic E-state index is -3.85. The molecule has 192 valence electrons. The summed E-state index contributed by atoms with van der Waals surface area (Å²) in [5.74, 6) is -0.0170. The van der Waals surface area contributed by atoms with Gasteiger partial charge in [-0.2, -0.15) is 0 Å². The van der Waals surface area contributed by atoms with Crippen LogP contribution in [0, 0.1) is 6.92 Å². The molecule has 0 fully saturated rings. The molecule has 0 aliphatic carbocycles. The lowest BCUT2D eigenvalue weighted by molar-refractivity contribution is -0.140. The number of hydrogen-bond donors (Lipinski definition) is 1. The molecule has 0 radical (unpaired) electrons. The highest BCUT2D eigenvalue weighted by Gasteiger charge is 2.32. The Labute approximate surface area is 208 Å². The topological polar surface area (TPSA) is 105 Å². The molecular weight excluding hydrogens is 470 g/mol. The van der Waals surface area contributed by atoms with Crippen LogP contribution in [-0.4, -0.2) is 64.7 Å². The van der Waals surface area contributed by atoms with Gasteiger partial charge in [0.05, 0.1) is 26.2 Å². The Bertz CT molecular complexity index is 1140. The number of nitrogens with one attached hydrogen (secondary N) is 1. The number of methoxy groups -OCH3 is 2. The smallest absolute Gasteiger partial charge is 0.244 e. The van der Waals surface area contributed by atoms with Crippen molar-refractivity contribution in [1.82, 2.24) is 10.2 Å². The Kier molecular flexibility index (Phi) is 9.94. The monoisotopic (exact) mass is 505 g/mol. The molecule has 9 nitrogen and oxygen atoms in total. The predicted molar refractivity (Wildman–Crippen MR) is 136 cm³/mol. The van der Waals surface area contributed by atoms with E-state index in [1.54, 1.807) is 19.1 Å². The third-order valence-electron chi connectivity index (χ3n) is 5.67. The Hall–Kier alpha value is -3.27. The number of nitrogens with zero attached hydrogens (tertiary/aromatic N) is 2. The average Bonchev–Trinajstić information content (AvgIpc) is 2.82. The summed E-state index contributed by atoms with van der Waals surface area (Å²) in [5, 5.41) is 2.78. The van der Waals surface area contributed by atoms with Crippen molar-refractivity contribution in [2.45, 2.75) is 39.8 Å². The van der Waals surface area contributed by atoms with E-state index in [-0.39, 0.29) is 18.1 Å². The summed E-state index contributed by atoms with van der Waals surface area (Å²) in [4.78, 5) is 27.9. The number of likely N-dealkylation sites (N-methyl/N-ethyl adjacent to an activating group) is 1. The molecule has 2 rings (SSSR count). The number of amides is 2. The summed E-state index contributed by atoms with van der Waals surface area (Å²) in [5.41, 5.74) is 2.09. The van der Waals surface area contributed by atoms with E-state index in [4.69, 9.17) is 9.47 Å². The number of ether oxygens (including phenoxy) is 2. The number of carbonyl (C=O) groups is 2. The molecule has 1 N–H and O–H groups in total. The molecule has 0 spiro atoms. The van der Waals surface area contributed by atoms with Gasteiger partial charge in [0.1, 0.15) is 12.6 Å². The molecule has 0 saturated carbocycles. The highest BCUT2D eigenvalue weighted by atomic mass is 32.2. The van der Waals surface area contributed by atoms with Crippen LogP contribution in [0.15, 0.2) is 42.5 Å². The number of rotatable bonds is 12. The summed E-state index contributed by atoms with van der Waals surface area (Å²) in [6.45, 7) is 5.67. The number of carbonyl (C=O) groups excluding carboxylic acids is 2. The van der Waals surface area contributed by atoms with E-state index in [1.165, 1.54) is 25.2 Å². The fourth-order valence-corrected chi connectivity index (χ4v) is 4.62. The maximum absolute atomic E-state index is 13.7. The van der Waals surface area contributed by atoms with E-state index < -0.39 is 28.5 Å². The van der Waals surface area contributed by atoms with Gasteiger partial charge in [-0.3, -0.25) is 13.9 Å². The third kappa shape index (κ3) is 7.11. The zero-order valence-electron chi connectivity index (χ0n) is 21.2. The van der Waals surface area contributed by atoms with Crippen LogP contribution in [0.25, 0.3) is 0 Å². The van der Waals surface area contributed by atoms with Gasteiger partial charge in [0.15, 0.2) is 11.5 Å². The largest absolute Gasteiger partial charge is 0.493 e. The summed E-state index contributed by atoms with van der Waals surface area (Å²) < 4.78 is 37.0. The van der Waals surface area contributed by atoms with Gasteiger partial charge >= 0.3 is 0 Å². The number of benzene rings is 2. The van der Waals surface area contributed by atoms with Crippen LogP contribution >= 0.6 is 0 Å². The summed E-state index contributed by atoms with van der Waals surface area (Å²) in [7, 11) is -0.925. The fraction of sp³-hybridized carbons (Fsp3) is 0.440. The second-order valence-corrected chi connectivity index (χ2v) is 9.98. The first-order valence-corrected chi connectivity index (χ1v) is 13.2. The second-order valence-electron chi connectivity index (χ2n) is 8.08. The van der Waals surface area contributed by atoms with E-state index in [9.17, 15) is 18.0 Å². The molecule has 35 heavy (non-hydrogen) atoms. The third-order valence-corrected chi connectivity index (χ3v) is 6.81. The van der Waals surface area contributed by atoms with Crippen molar-refractivity contribution >= 4 is 27.5 Å². The van der Waals surface area contributed by atoms with Crippen LogP contribution in [0.2, 0.25) is 0 Å². The molecule has 0 aliphatic heterocycles. The first-order valence-electron chi connectivity index (χ1n) is 11.4. The highest BCUT2D eigenvalue weighted by Crippen LogP contribution is 2.32. The van der Waals surface area contributed by atoms with Crippen molar-refractivity contribution < 1.29 is 27.5 Å². The molecule has 10 heteroatoms. The predicted octanol–water partition coefficient (Wildman–Crippen LogP) is 2.72. The number of anilines is 1. The first kappa shape index (κ1) is 28.0. The molecule has 2 aromatic carbocycles. The second kappa shape index (κ2) is 12.4. The standard InChI is InChI=1S/C25H35N3O6S/c1-7-21(25(30)26-8-2)27(16-19-12-10-9-11-18(19)3)24(29)17-28(35(6,31)32)20-13-14-22(33-4)23(15-20)34-5/h9-15,21H,7-8,16-17H2,1-6H3,(H,26,30)/t21-/m1/s1. The molecule has 0 saturated heterocycles. The highest BCUT2D eigenvalue weighted by molar-refractivity contribution is 7.92. The minimum absolute atomic E-state index is 0.171. The van der Waals surface area contributed by atoms with Crippen molar-refractivity contribution in [2.24, 2.45) is 0 Å². The SMILES string of the molecule is CCNC(=O)[C@@H](CC)N(Cc1ccccc1C)C(=O)CN(c1ccc(OC)c(OC)c1)S(C)(=O)=O. The number of sulfonamides is 1. The lowest BCUT2D eigenvalue weighted by Crippen LogP contribution is -2.52. The van der Waals surface area contributed by atoms with Crippen LogP contribution in [0.5, 0.6) is 11.5 Å². The number of aryl methyl sites for hydroxylation is 1. The molecule has 0 unspecified atom stereocenters. The number of hydrogen-bond acceptors (Lipinski definition) is 6. The minimum Gasteiger partial charge on any atom is -0.493 e. The maximum atomic E-state index is 13.7. The summed E-state index contributed by atoms with van der Waals surface area (Å²) >= 11 is 0. The zero-order valence-corrected chi connectivity index (χ0v) is 22.0. The Morgan fingerprint density at radius 1 is 1.03 bits per heavy atom. The first-order chi connectivity index (χ1) is 16.6. The van der Waals surface area contributed by atoms with E-state index in [1.807, 2.05) is 38.1 Å². The van der Waals surface area contributed by atoms with Gasteiger partial charge in [0.25, 0.3) is 0 Å². The van der Waals surface area contributed by atoms with Gasteiger partial charge < -0.3 is 19.7 Å². The molecule has 0 aromatic heterocycles. The molecular formula is C25H35N3O6S. The molecule has 0 aliphatic rings. The van der Waals surface area contributed by atoms with Crippen LogP contribution in [0.1, 0.15) is 31.4 Å². The van der Waals surface area contributed by atoms with E-state index in [2.05, 4.69) is 5.32 Å². The van der Waals surface area contributed by atoms with Crippen molar-refractivity contribution in [3.8, 4) is 11.5 Å². The van der Waals surface area contributed by atoms with Gasteiger partial charge in [0, 0.05) is 19.2 Å². The summed E-state index contributed by atoms with van der Waals surface area (Å²) in [6.07, 6.45) is 1.41. The van der Waals surface area contributed by atoms with Crippen molar-refractivity contribution in [2.75, 3.05) is 37.9 Å². The van der Waals surface area contributed by atoms with E-state index in [0.29, 0.717) is 24.5 Å². The maximum Gasteiger partial charge on any atom is 0.244 e. The lowest BCUT2D eigenvalue weighted by atomic mass is 10.1. The van der Waals surface area contributed by atoms with Gasteiger partial charge in [-0.25, -0.2) is 8.42 Å². The molecule has 2 amide bonds. The normalized spacial score (nSPS) is 11.9. The quantitative estimate of drug-likeness (QED) is 0.476. The van der Waals surface area contributed by atoms with Gasteiger partial charge in [0.2, 0.25) is 21.8 Å². The lowest BCUT2D eigenvalue weighted by Gasteiger charge is -2.33. The molecule has 2 aromatic rings. The summed E-state index contributed by atoms with van der Waals surface area (Å²) in [6, 6.07) is 11.4. The average molecular weight is 506 g/mol. The van der Waals surface area contributed by atoms with Gasteiger partial charge in [-0.15, -0.1) is 0 Å². The van der Waals surface area contributed by atoms with Crippen molar-refractivity contribution in [1.29, 1.82) is 0 Å². The van der Waals surface area contributed by atoms with Gasteiger partial charge in [-0.05, 0) is 43.5 Å². The van der Waals surface area contributed by atoms with Crippen LogP contribution < -0.4 is 19.1 Å². The molecule has 0 bridgehead atoms.